The summed E-state index contributed by atoms with van der Waals surface area (Å²) in [5.41, 5.74) is 1.58. The second kappa shape index (κ2) is 7.91. The predicted molar refractivity (Wildman–Crippen MR) is 87.4 cm³/mol. The highest BCUT2D eigenvalue weighted by molar-refractivity contribution is 5.98. The van der Waals surface area contributed by atoms with Gasteiger partial charge in [0.1, 0.15) is 11.8 Å². The van der Waals surface area contributed by atoms with Crippen LogP contribution >= 0.6 is 0 Å². The number of aliphatic carboxylic acids is 2. The van der Waals surface area contributed by atoms with Crippen molar-refractivity contribution in [1.29, 1.82) is 0 Å². The molecule has 0 radical (unpaired) electrons. The van der Waals surface area contributed by atoms with E-state index >= 15 is 0 Å². The maximum Gasteiger partial charge on any atom is 0.326 e. The van der Waals surface area contributed by atoms with Gasteiger partial charge >= 0.3 is 11.9 Å². The summed E-state index contributed by atoms with van der Waals surface area (Å²) in [6.07, 6.45) is 2.12. The molecule has 0 aliphatic carbocycles. The first-order chi connectivity index (χ1) is 11.9. The van der Waals surface area contributed by atoms with Gasteiger partial charge in [0, 0.05) is 18.0 Å². The van der Waals surface area contributed by atoms with Crippen molar-refractivity contribution in [3.8, 4) is 16.9 Å². The van der Waals surface area contributed by atoms with E-state index in [4.69, 9.17) is 14.9 Å². The molecule has 1 aromatic heterocycles. The molecule has 0 saturated carbocycles. The number of methoxy groups -OCH3 is 1. The van der Waals surface area contributed by atoms with Crippen LogP contribution in [-0.2, 0) is 9.59 Å². The fourth-order valence-corrected chi connectivity index (χ4v) is 2.12. The van der Waals surface area contributed by atoms with Crippen LogP contribution in [-0.4, -0.2) is 46.2 Å². The Labute approximate surface area is 143 Å². The average molecular weight is 344 g/mol. The monoisotopic (exact) mass is 344 g/mol. The molecule has 25 heavy (non-hydrogen) atoms. The van der Waals surface area contributed by atoms with Crippen LogP contribution in [0, 0.1) is 0 Å². The number of carboxylic acid groups (broad SMARTS) is 2. The Morgan fingerprint density at radius 2 is 1.80 bits per heavy atom. The van der Waals surface area contributed by atoms with Gasteiger partial charge in [0.25, 0.3) is 5.91 Å². The number of nitrogens with zero attached hydrogens (tertiary/aromatic N) is 1. The van der Waals surface area contributed by atoms with Gasteiger partial charge in [-0.1, -0.05) is 12.1 Å². The molecule has 0 aliphatic heterocycles. The van der Waals surface area contributed by atoms with E-state index < -0.39 is 30.3 Å². The summed E-state index contributed by atoms with van der Waals surface area (Å²) in [7, 11) is 1.55. The number of amides is 1. The highest BCUT2D eigenvalue weighted by Gasteiger charge is 2.23. The summed E-state index contributed by atoms with van der Waals surface area (Å²) in [6, 6.07) is 7.13. The Balaban J connectivity index is 2.20. The largest absolute Gasteiger partial charge is 0.497 e. The molecule has 8 nitrogen and oxygen atoms in total. The Morgan fingerprint density at radius 3 is 2.36 bits per heavy atom. The lowest BCUT2D eigenvalue weighted by Gasteiger charge is -2.12. The number of carboxylic acids is 2. The summed E-state index contributed by atoms with van der Waals surface area (Å²) in [4.78, 5) is 37.9. The fourth-order valence-electron chi connectivity index (χ4n) is 2.12. The number of pyridine rings is 1. The van der Waals surface area contributed by atoms with Gasteiger partial charge in [-0.25, -0.2) is 4.79 Å². The third kappa shape index (κ3) is 4.77. The van der Waals surface area contributed by atoms with Crippen LogP contribution in [0.3, 0.4) is 0 Å². The van der Waals surface area contributed by atoms with E-state index in [2.05, 4.69) is 10.3 Å². The van der Waals surface area contributed by atoms with E-state index in [-0.39, 0.29) is 5.56 Å². The van der Waals surface area contributed by atoms with Crippen LogP contribution in [0.15, 0.2) is 42.7 Å². The molecule has 2 aromatic rings. The van der Waals surface area contributed by atoms with E-state index in [0.29, 0.717) is 11.3 Å². The van der Waals surface area contributed by atoms with Gasteiger partial charge in [0.2, 0.25) is 0 Å². The van der Waals surface area contributed by atoms with Crippen molar-refractivity contribution in [3.63, 3.8) is 0 Å². The van der Waals surface area contributed by atoms with Crippen molar-refractivity contribution < 1.29 is 29.3 Å². The first-order valence-corrected chi connectivity index (χ1v) is 7.25. The lowest BCUT2D eigenvalue weighted by atomic mass is 10.1. The molecular weight excluding hydrogens is 328 g/mol. The lowest BCUT2D eigenvalue weighted by Crippen LogP contribution is -2.42. The van der Waals surface area contributed by atoms with Crippen molar-refractivity contribution >= 4 is 17.8 Å². The third-order valence-electron chi connectivity index (χ3n) is 3.41. The smallest absolute Gasteiger partial charge is 0.326 e. The van der Waals surface area contributed by atoms with Gasteiger partial charge < -0.3 is 20.3 Å². The van der Waals surface area contributed by atoms with E-state index in [9.17, 15) is 14.4 Å². The molecule has 0 saturated heterocycles. The summed E-state index contributed by atoms with van der Waals surface area (Å²) in [6.45, 7) is 0. The highest BCUT2D eigenvalue weighted by atomic mass is 16.5. The molecule has 1 unspecified atom stereocenters. The molecule has 1 atom stereocenters. The number of rotatable bonds is 7. The van der Waals surface area contributed by atoms with Gasteiger partial charge in [-0.05, 0) is 23.8 Å². The first kappa shape index (κ1) is 17.9. The molecule has 1 amide bonds. The van der Waals surface area contributed by atoms with Crippen LogP contribution in [0.25, 0.3) is 11.1 Å². The fraction of sp³-hybridized carbons (Fsp3) is 0.176. The third-order valence-corrected chi connectivity index (χ3v) is 3.41. The molecule has 1 aromatic carbocycles. The topological polar surface area (TPSA) is 126 Å². The summed E-state index contributed by atoms with van der Waals surface area (Å²) >= 11 is 0. The minimum Gasteiger partial charge on any atom is -0.497 e. The molecule has 1 heterocycles. The van der Waals surface area contributed by atoms with Crippen molar-refractivity contribution in [2.45, 2.75) is 12.5 Å². The predicted octanol–water partition coefficient (Wildman–Crippen LogP) is 1.41. The van der Waals surface area contributed by atoms with Crippen molar-refractivity contribution in [1.82, 2.24) is 10.3 Å². The van der Waals surface area contributed by atoms with E-state index in [1.54, 1.807) is 43.6 Å². The van der Waals surface area contributed by atoms with E-state index in [0.717, 1.165) is 5.56 Å². The Bertz CT molecular complexity index is 788. The number of benzene rings is 1. The average Bonchev–Trinajstić information content (AvgIpc) is 2.60. The van der Waals surface area contributed by atoms with Gasteiger partial charge in [0.05, 0.1) is 19.1 Å². The minimum atomic E-state index is -1.52. The molecule has 3 N–H and O–H groups in total. The van der Waals surface area contributed by atoms with Crippen molar-refractivity contribution in [3.05, 3.63) is 48.3 Å². The van der Waals surface area contributed by atoms with Crippen molar-refractivity contribution in [2.75, 3.05) is 7.11 Å². The zero-order valence-electron chi connectivity index (χ0n) is 13.3. The first-order valence-electron chi connectivity index (χ1n) is 7.25. The molecule has 2 rings (SSSR count). The quantitative estimate of drug-likeness (QED) is 0.693. The molecule has 0 fully saturated rings. The number of carbonyl (C=O) groups is 3. The number of ether oxygens (including phenoxy) is 1. The Morgan fingerprint density at radius 1 is 1.12 bits per heavy atom. The van der Waals surface area contributed by atoms with Crippen LogP contribution < -0.4 is 10.1 Å². The zero-order chi connectivity index (χ0) is 18.4. The summed E-state index contributed by atoms with van der Waals surface area (Å²) in [5, 5.41) is 19.9. The summed E-state index contributed by atoms with van der Waals surface area (Å²) < 4.78 is 5.08. The second-order valence-electron chi connectivity index (χ2n) is 5.15. The van der Waals surface area contributed by atoms with E-state index in [1.807, 2.05) is 0 Å². The van der Waals surface area contributed by atoms with Gasteiger partial charge in [-0.2, -0.15) is 0 Å². The molecule has 8 heteroatoms. The number of carbonyl (C=O) groups excluding carboxylic acids is 1. The Kier molecular flexibility index (Phi) is 5.67. The molecule has 0 spiro atoms. The maximum absolute atomic E-state index is 12.2. The second-order valence-corrected chi connectivity index (χ2v) is 5.15. The zero-order valence-corrected chi connectivity index (χ0v) is 13.3. The molecular formula is C17H16N2O6. The minimum absolute atomic E-state index is 0.130. The van der Waals surface area contributed by atoms with Gasteiger partial charge in [0.15, 0.2) is 0 Å². The SMILES string of the molecule is COc1ccc(-c2cncc(C(=O)NC(CC(=O)O)C(=O)O)c2)cc1. The summed E-state index contributed by atoms with van der Waals surface area (Å²) in [5.74, 6) is -2.77. The van der Waals surface area contributed by atoms with Crippen LogP contribution in [0.5, 0.6) is 5.75 Å². The van der Waals surface area contributed by atoms with Gasteiger partial charge in [-0.15, -0.1) is 0 Å². The van der Waals surface area contributed by atoms with Crippen LogP contribution in [0.4, 0.5) is 0 Å². The number of hydrogen-bond acceptors (Lipinski definition) is 5. The standard InChI is InChI=1S/C17H16N2O6/c1-25-13-4-2-10(3-5-13)11-6-12(9-18-8-11)16(22)19-14(17(23)24)7-15(20)21/h2-6,8-9,14H,7H2,1H3,(H,19,22)(H,20,21)(H,23,24). The molecule has 0 bridgehead atoms. The van der Waals surface area contributed by atoms with Gasteiger partial charge in [-0.3, -0.25) is 14.6 Å². The lowest BCUT2D eigenvalue weighted by molar-refractivity contribution is -0.145. The molecule has 0 aliphatic rings. The Hall–Kier alpha value is -3.42. The number of hydrogen-bond donors (Lipinski definition) is 3. The number of nitrogens with one attached hydrogen (secondary N) is 1. The van der Waals surface area contributed by atoms with Crippen molar-refractivity contribution in [2.24, 2.45) is 0 Å². The van der Waals surface area contributed by atoms with E-state index in [1.165, 1.54) is 6.20 Å². The maximum atomic E-state index is 12.2. The van der Waals surface area contributed by atoms with Crippen LogP contribution in [0.1, 0.15) is 16.8 Å². The van der Waals surface area contributed by atoms with Crippen LogP contribution in [0.2, 0.25) is 0 Å². The highest BCUT2D eigenvalue weighted by Crippen LogP contribution is 2.22. The normalized spacial score (nSPS) is 11.4. The number of aromatic nitrogens is 1. The molecule has 130 valence electrons.